The van der Waals surface area contributed by atoms with Crippen LogP contribution in [-0.4, -0.2) is 45.9 Å². The number of hydrogen-bond acceptors (Lipinski definition) is 3. The number of hydrogen-bond donors (Lipinski definition) is 0. The predicted octanol–water partition coefficient (Wildman–Crippen LogP) is 2.93. The molecule has 0 spiro atoms. The van der Waals surface area contributed by atoms with E-state index >= 15 is 0 Å². The number of allylic oxidation sites excluding steroid dienone is 2. The molecule has 1 aromatic carbocycles. The van der Waals surface area contributed by atoms with Gasteiger partial charge in [0, 0.05) is 48.1 Å². The van der Waals surface area contributed by atoms with E-state index in [0.717, 1.165) is 24.4 Å². The molecule has 2 aliphatic rings. The number of carbonyl (C=O) groups is 1. The van der Waals surface area contributed by atoms with Gasteiger partial charge in [0.2, 0.25) is 0 Å². The highest BCUT2D eigenvalue weighted by Gasteiger charge is 2.32. The quantitative estimate of drug-likeness (QED) is 0.749. The molecule has 0 aliphatic carbocycles. The molecule has 2 aliphatic heterocycles. The van der Waals surface area contributed by atoms with E-state index in [0.29, 0.717) is 24.2 Å². The Labute approximate surface area is 164 Å². The second-order valence-electron chi connectivity index (χ2n) is 6.83. The van der Waals surface area contributed by atoms with Crippen LogP contribution in [0.4, 0.5) is 13.2 Å². The maximum atomic E-state index is 12.8. The lowest BCUT2D eigenvalue weighted by molar-refractivity contribution is -0.138. The van der Waals surface area contributed by atoms with Gasteiger partial charge in [0.25, 0.3) is 5.91 Å². The smallest absolute Gasteiger partial charge is 0.338 e. The minimum Gasteiger partial charge on any atom is -0.338 e. The molecule has 29 heavy (non-hydrogen) atoms. The molecule has 2 aromatic rings. The standard InChI is InChI=1S/C21H16F3N4O/c22-21(23,24)18-11-26-19(27-12-18)14-3-5-15(6-4-14)20(29)28-9-7-17(13-28)16-2-1-8-25-10-16/h1-6,10-12,17H,7,9,13H2/q+1. The number of rotatable bonds is 3. The zero-order valence-electron chi connectivity index (χ0n) is 15.2. The Morgan fingerprint density at radius 1 is 1.17 bits per heavy atom. The maximum Gasteiger partial charge on any atom is 0.419 e. The van der Waals surface area contributed by atoms with Gasteiger partial charge in [-0.1, -0.05) is 12.1 Å². The van der Waals surface area contributed by atoms with Crippen molar-refractivity contribution in [2.75, 3.05) is 13.1 Å². The lowest BCUT2D eigenvalue weighted by atomic mass is 9.98. The van der Waals surface area contributed by atoms with Gasteiger partial charge in [0.1, 0.15) is 0 Å². The Kier molecular flexibility index (Phi) is 4.89. The SMILES string of the molecule is O=C(c1ccc(-c2ncc(C(F)(F)F)cn2)cc1)N1CCC(C2=CC=C=[N+]=C2)C1. The molecule has 3 heterocycles. The van der Waals surface area contributed by atoms with Crippen molar-refractivity contribution in [2.24, 2.45) is 5.92 Å². The Bertz CT molecular complexity index is 1060. The third-order valence-corrected chi connectivity index (χ3v) is 4.95. The summed E-state index contributed by atoms with van der Waals surface area (Å²) in [6, 6.07) is 6.57. The Balaban J connectivity index is 1.44. The van der Waals surface area contributed by atoms with Gasteiger partial charge in [-0.3, -0.25) is 4.79 Å². The molecule has 5 nitrogen and oxygen atoms in total. The molecular weight excluding hydrogens is 381 g/mol. The fourth-order valence-electron chi connectivity index (χ4n) is 3.36. The Hall–Kier alpha value is -3.47. The highest BCUT2D eigenvalue weighted by molar-refractivity contribution is 5.95. The average molecular weight is 397 g/mol. The number of carbonyl (C=O) groups excluding carboxylic acids is 1. The van der Waals surface area contributed by atoms with Crippen molar-refractivity contribution in [2.45, 2.75) is 12.6 Å². The summed E-state index contributed by atoms with van der Waals surface area (Å²) < 4.78 is 41.9. The largest absolute Gasteiger partial charge is 0.419 e. The van der Waals surface area contributed by atoms with Crippen LogP contribution in [0.2, 0.25) is 0 Å². The highest BCUT2D eigenvalue weighted by atomic mass is 19.4. The van der Waals surface area contributed by atoms with Crippen LogP contribution in [0.15, 0.2) is 54.4 Å². The van der Waals surface area contributed by atoms with Gasteiger partial charge < -0.3 is 4.90 Å². The molecule has 0 radical (unpaired) electrons. The van der Waals surface area contributed by atoms with Gasteiger partial charge in [-0.2, -0.15) is 13.2 Å². The van der Waals surface area contributed by atoms with Crippen molar-refractivity contribution in [3.05, 3.63) is 65.5 Å². The van der Waals surface area contributed by atoms with Crippen molar-refractivity contribution in [3.8, 4) is 11.4 Å². The molecule has 1 aromatic heterocycles. The van der Waals surface area contributed by atoms with Gasteiger partial charge in [-0.05, 0) is 29.3 Å². The minimum atomic E-state index is -4.48. The van der Waals surface area contributed by atoms with E-state index in [9.17, 15) is 18.0 Å². The summed E-state index contributed by atoms with van der Waals surface area (Å²) in [5.74, 6) is 3.09. The summed E-state index contributed by atoms with van der Waals surface area (Å²) in [6.07, 6.45) is 3.40. The fourth-order valence-corrected chi connectivity index (χ4v) is 3.36. The molecule has 1 atom stereocenters. The topological polar surface area (TPSA) is 60.2 Å². The molecule has 1 amide bonds. The van der Waals surface area contributed by atoms with Gasteiger partial charge >= 0.3 is 18.3 Å². The first kappa shape index (κ1) is 18.9. The van der Waals surface area contributed by atoms with Crippen molar-refractivity contribution in [1.82, 2.24) is 19.5 Å². The van der Waals surface area contributed by atoms with Crippen LogP contribution in [0, 0.1) is 5.92 Å². The molecule has 0 saturated carbocycles. The second kappa shape index (κ2) is 7.51. The fraction of sp³-hybridized carbons (Fsp3) is 0.238. The molecular formula is C21H16F3N4O+. The first-order valence-electron chi connectivity index (χ1n) is 9.03. The summed E-state index contributed by atoms with van der Waals surface area (Å²) in [5.41, 5.74) is 1.25. The first-order chi connectivity index (χ1) is 13.9. The Morgan fingerprint density at radius 3 is 2.52 bits per heavy atom. The van der Waals surface area contributed by atoms with Crippen molar-refractivity contribution >= 4 is 18.0 Å². The van der Waals surface area contributed by atoms with Crippen molar-refractivity contribution in [3.63, 3.8) is 0 Å². The van der Waals surface area contributed by atoms with E-state index in [1.165, 1.54) is 0 Å². The van der Waals surface area contributed by atoms with E-state index < -0.39 is 11.7 Å². The molecule has 4 rings (SSSR count). The number of aromatic nitrogens is 2. The van der Waals surface area contributed by atoms with Crippen molar-refractivity contribution < 1.29 is 18.0 Å². The third-order valence-electron chi connectivity index (χ3n) is 4.95. The zero-order chi connectivity index (χ0) is 20.4. The van der Waals surface area contributed by atoms with Gasteiger partial charge in [-0.15, -0.1) is 0 Å². The van der Waals surface area contributed by atoms with Crippen molar-refractivity contribution in [1.29, 1.82) is 0 Å². The van der Waals surface area contributed by atoms with Gasteiger partial charge in [0.15, 0.2) is 5.82 Å². The second-order valence-corrected chi connectivity index (χ2v) is 6.83. The molecule has 1 unspecified atom stereocenters. The number of amides is 1. The molecule has 0 N–H and O–H groups in total. The molecule has 1 fully saturated rings. The van der Waals surface area contributed by atoms with Gasteiger partial charge in [-0.25, -0.2) is 9.97 Å². The number of benzene rings is 1. The van der Waals surface area contributed by atoms with Crippen LogP contribution >= 0.6 is 0 Å². The predicted molar refractivity (Wildman–Crippen MR) is 102 cm³/mol. The summed E-state index contributed by atoms with van der Waals surface area (Å²) in [7, 11) is 0. The number of likely N-dealkylation sites (tertiary alicyclic amines) is 1. The van der Waals surface area contributed by atoms with Crippen LogP contribution < -0.4 is 4.67 Å². The van der Waals surface area contributed by atoms with E-state index in [1.54, 1.807) is 41.5 Å². The molecule has 1 saturated heterocycles. The number of alkyl halides is 3. The summed E-state index contributed by atoms with van der Waals surface area (Å²) in [5, 5.41) is 0. The third kappa shape index (κ3) is 4.04. The van der Waals surface area contributed by atoms with E-state index in [-0.39, 0.29) is 17.6 Å². The zero-order valence-corrected chi connectivity index (χ0v) is 15.2. The van der Waals surface area contributed by atoms with Crippen LogP contribution in [0.1, 0.15) is 22.3 Å². The minimum absolute atomic E-state index is 0.0807. The molecule has 0 bridgehead atoms. The lowest BCUT2D eigenvalue weighted by Gasteiger charge is -2.16. The average Bonchev–Trinajstić information content (AvgIpc) is 3.24. The maximum absolute atomic E-state index is 12.8. The van der Waals surface area contributed by atoms with Crippen LogP contribution in [0.5, 0.6) is 0 Å². The lowest BCUT2D eigenvalue weighted by Crippen LogP contribution is -2.29. The highest BCUT2D eigenvalue weighted by Crippen LogP contribution is 2.29. The Morgan fingerprint density at radius 2 is 1.90 bits per heavy atom. The summed E-state index contributed by atoms with van der Waals surface area (Å²) >= 11 is 0. The van der Waals surface area contributed by atoms with Crippen LogP contribution in [0.3, 0.4) is 0 Å². The van der Waals surface area contributed by atoms with Crippen LogP contribution in [0.25, 0.3) is 11.4 Å². The van der Waals surface area contributed by atoms with E-state index in [1.807, 2.05) is 6.08 Å². The first-order valence-corrected chi connectivity index (χ1v) is 9.03. The normalized spacial score (nSPS) is 18.2. The van der Waals surface area contributed by atoms with Crippen LogP contribution in [-0.2, 0) is 6.18 Å². The monoisotopic (exact) mass is 397 g/mol. The number of halogens is 3. The summed E-state index contributed by atoms with van der Waals surface area (Å²) in [6.45, 7) is 1.28. The van der Waals surface area contributed by atoms with E-state index in [2.05, 4.69) is 20.5 Å². The molecule has 146 valence electrons. The number of nitrogens with zero attached hydrogens (tertiary/aromatic N) is 4. The summed E-state index contributed by atoms with van der Waals surface area (Å²) in [4.78, 5) is 22.1. The van der Waals surface area contributed by atoms with Gasteiger partial charge in [0.05, 0.1) is 11.6 Å². The molecule has 8 heteroatoms. The van der Waals surface area contributed by atoms with E-state index in [4.69, 9.17) is 0 Å².